The smallest absolute Gasteiger partial charge is 0.224 e. The summed E-state index contributed by atoms with van der Waals surface area (Å²) in [6.07, 6.45) is 6.53. The van der Waals surface area contributed by atoms with Crippen LogP contribution in [0.15, 0.2) is 42.7 Å². The first-order chi connectivity index (χ1) is 10.3. The van der Waals surface area contributed by atoms with E-state index in [-0.39, 0.29) is 17.9 Å². The highest BCUT2D eigenvalue weighted by atomic mass is 16.1. The lowest BCUT2D eigenvalue weighted by Gasteiger charge is -2.16. The summed E-state index contributed by atoms with van der Waals surface area (Å²) in [6.45, 7) is 0.498. The third-order valence-electron chi connectivity index (χ3n) is 4.10. The molecule has 5 nitrogen and oxygen atoms in total. The molecule has 5 heteroatoms. The van der Waals surface area contributed by atoms with E-state index in [0.29, 0.717) is 6.54 Å². The summed E-state index contributed by atoms with van der Waals surface area (Å²) in [5, 5.41) is 7.26. The van der Waals surface area contributed by atoms with E-state index in [0.717, 1.165) is 30.5 Å². The van der Waals surface area contributed by atoms with Crippen LogP contribution in [0.4, 0.5) is 0 Å². The van der Waals surface area contributed by atoms with Gasteiger partial charge in [0.2, 0.25) is 5.91 Å². The van der Waals surface area contributed by atoms with Crippen molar-refractivity contribution in [2.45, 2.75) is 31.8 Å². The number of amides is 1. The Morgan fingerprint density at radius 2 is 2.19 bits per heavy atom. The van der Waals surface area contributed by atoms with Crippen molar-refractivity contribution in [2.24, 2.45) is 11.7 Å². The molecule has 0 saturated heterocycles. The molecule has 2 unspecified atom stereocenters. The molecule has 1 aliphatic carbocycles. The Labute approximate surface area is 124 Å². The van der Waals surface area contributed by atoms with Crippen molar-refractivity contribution < 1.29 is 4.79 Å². The summed E-state index contributed by atoms with van der Waals surface area (Å²) in [6, 6.07) is 9.82. The van der Waals surface area contributed by atoms with E-state index >= 15 is 0 Å². The Kier molecular flexibility index (Phi) is 4.01. The maximum Gasteiger partial charge on any atom is 0.224 e. The van der Waals surface area contributed by atoms with Gasteiger partial charge in [-0.15, -0.1) is 0 Å². The summed E-state index contributed by atoms with van der Waals surface area (Å²) in [7, 11) is 0. The van der Waals surface area contributed by atoms with Crippen LogP contribution in [0.25, 0.3) is 5.69 Å². The third kappa shape index (κ3) is 2.97. The summed E-state index contributed by atoms with van der Waals surface area (Å²) in [4.78, 5) is 12.2. The van der Waals surface area contributed by atoms with Crippen molar-refractivity contribution in [2.75, 3.05) is 0 Å². The molecular weight excluding hydrogens is 264 g/mol. The second-order valence-electron chi connectivity index (χ2n) is 5.50. The van der Waals surface area contributed by atoms with E-state index in [9.17, 15) is 4.79 Å². The Morgan fingerprint density at radius 3 is 2.90 bits per heavy atom. The van der Waals surface area contributed by atoms with E-state index in [1.807, 2.05) is 41.2 Å². The number of nitrogens with two attached hydrogens (primary N) is 1. The number of hydrogen-bond acceptors (Lipinski definition) is 3. The minimum atomic E-state index is -0.0399. The number of aromatic nitrogens is 2. The van der Waals surface area contributed by atoms with Gasteiger partial charge in [-0.1, -0.05) is 24.6 Å². The molecule has 1 aliphatic rings. The van der Waals surface area contributed by atoms with Crippen molar-refractivity contribution in [3.05, 3.63) is 48.3 Å². The summed E-state index contributed by atoms with van der Waals surface area (Å²) in [5.74, 6) is 0.0251. The van der Waals surface area contributed by atoms with Gasteiger partial charge in [0.15, 0.2) is 0 Å². The Balaban J connectivity index is 1.70. The average Bonchev–Trinajstić information content (AvgIpc) is 3.16. The topological polar surface area (TPSA) is 72.9 Å². The van der Waals surface area contributed by atoms with Gasteiger partial charge in [-0.3, -0.25) is 4.79 Å². The van der Waals surface area contributed by atoms with Gasteiger partial charge >= 0.3 is 0 Å². The second-order valence-corrected chi connectivity index (χ2v) is 5.50. The second kappa shape index (κ2) is 6.10. The number of nitrogens with one attached hydrogen (secondary N) is 1. The van der Waals surface area contributed by atoms with Gasteiger partial charge in [-0.25, -0.2) is 4.68 Å². The van der Waals surface area contributed by atoms with E-state index in [1.165, 1.54) is 0 Å². The first-order valence-electron chi connectivity index (χ1n) is 7.37. The van der Waals surface area contributed by atoms with E-state index in [4.69, 9.17) is 5.73 Å². The normalized spacial score (nSPS) is 21.4. The monoisotopic (exact) mass is 284 g/mol. The summed E-state index contributed by atoms with van der Waals surface area (Å²) in [5.41, 5.74) is 8.01. The summed E-state index contributed by atoms with van der Waals surface area (Å²) >= 11 is 0. The predicted molar refractivity (Wildman–Crippen MR) is 80.7 cm³/mol. The van der Waals surface area contributed by atoms with Crippen LogP contribution in [0.1, 0.15) is 24.8 Å². The Bertz CT molecular complexity index is 608. The number of rotatable bonds is 4. The molecule has 1 aromatic heterocycles. The van der Waals surface area contributed by atoms with Crippen molar-refractivity contribution in [1.82, 2.24) is 15.1 Å². The SMILES string of the molecule is NC1CCCC1C(=O)NCc1ccccc1-n1cccn1. The number of benzene rings is 1. The molecule has 110 valence electrons. The van der Waals surface area contributed by atoms with Crippen molar-refractivity contribution in [3.8, 4) is 5.69 Å². The lowest BCUT2D eigenvalue weighted by Crippen LogP contribution is -2.38. The highest BCUT2D eigenvalue weighted by molar-refractivity contribution is 5.79. The number of para-hydroxylation sites is 1. The standard InChI is InChI=1S/C16H20N4O/c17-14-7-3-6-13(14)16(21)18-11-12-5-1-2-8-15(12)20-10-4-9-19-20/h1-2,4-5,8-10,13-14H,3,6-7,11,17H2,(H,18,21). The van der Waals surface area contributed by atoms with Crippen LogP contribution in [0.3, 0.4) is 0 Å². The number of hydrogen-bond donors (Lipinski definition) is 2. The molecule has 3 rings (SSSR count). The van der Waals surface area contributed by atoms with Crippen molar-refractivity contribution >= 4 is 5.91 Å². The highest BCUT2D eigenvalue weighted by Gasteiger charge is 2.29. The minimum Gasteiger partial charge on any atom is -0.352 e. The van der Waals surface area contributed by atoms with Gasteiger partial charge in [0.05, 0.1) is 11.6 Å². The van der Waals surface area contributed by atoms with Crippen LogP contribution in [-0.2, 0) is 11.3 Å². The molecule has 2 atom stereocenters. The molecular formula is C16H20N4O. The molecule has 1 heterocycles. The van der Waals surface area contributed by atoms with Crippen molar-refractivity contribution in [3.63, 3.8) is 0 Å². The summed E-state index contributed by atoms with van der Waals surface area (Å²) < 4.78 is 1.81. The van der Waals surface area contributed by atoms with E-state index in [1.54, 1.807) is 6.20 Å². The molecule has 1 fully saturated rings. The highest BCUT2D eigenvalue weighted by Crippen LogP contribution is 2.24. The van der Waals surface area contributed by atoms with Crippen LogP contribution < -0.4 is 11.1 Å². The molecule has 3 N–H and O–H groups in total. The fraction of sp³-hybridized carbons (Fsp3) is 0.375. The number of nitrogens with zero attached hydrogens (tertiary/aromatic N) is 2. The molecule has 1 aromatic carbocycles. The average molecular weight is 284 g/mol. The van der Waals surface area contributed by atoms with Gasteiger partial charge in [0.25, 0.3) is 0 Å². The van der Waals surface area contributed by atoms with Crippen LogP contribution in [0.2, 0.25) is 0 Å². The predicted octanol–water partition coefficient (Wildman–Crippen LogP) is 1.62. The fourth-order valence-corrected chi connectivity index (χ4v) is 2.92. The quantitative estimate of drug-likeness (QED) is 0.896. The molecule has 0 radical (unpaired) electrons. The van der Waals surface area contributed by atoms with Gasteiger partial charge < -0.3 is 11.1 Å². The molecule has 2 aromatic rings. The van der Waals surface area contributed by atoms with Gasteiger partial charge in [0, 0.05) is 25.0 Å². The zero-order chi connectivity index (χ0) is 14.7. The molecule has 1 amide bonds. The molecule has 0 spiro atoms. The minimum absolute atomic E-state index is 0.00589. The van der Waals surface area contributed by atoms with Crippen LogP contribution >= 0.6 is 0 Å². The maximum absolute atomic E-state index is 12.2. The fourth-order valence-electron chi connectivity index (χ4n) is 2.92. The Morgan fingerprint density at radius 1 is 1.33 bits per heavy atom. The lowest BCUT2D eigenvalue weighted by molar-refractivity contribution is -0.125. The number of carbonyl (C=O) groups is 1. The largest absolute Gasteiger partial charge is 0.352 e. The van der Waals surface area contributed by atoms with Crippen LogP contribution in [0.5, 0.6) is 0 Å². The molecule has 1 saturated carbocycles. The maximum atomic E-state index is 12.2. The van der Waals surface area contributed by atoms with E-state index in [2.05, 4.69) is 10.4 Å². The van der Waals surface area contributed by atoms with Crippen LogP contribution in [0, 0.1) is 5.92 Å². The zero-order valence-electron chi connectivity index (χ0n) is 11.9. The van der Waals surface area contributed by atoms with Gasteiger partial charge in [0.1, 0.15) is 0 Å². The van der Waals surface area contributed by atoms with Crippen molar-refractivity contribution in [1.29, 1.82) is 0 Å². The van der Waals surface area contributed by atoms with Crippen LogP contribution in [-0.4, -0.2) is 21.7 Å². The van der Waals surface area contributed by atoms with E-state index < -0.39 is 0 Å². The van der Waals surface area contributed by atoms with Gasteiger partial charge in [-0.2, -0.15) is 5.10 Å². The molecule has 0 bridgehead atoms. The zero-order valence-corrected chi connectivity index (χ0v) is 11.9. The first kappa shape index (κ1) is 13.8. The molecule has 21 heavy (non-hydrogen) atoms. The van der Waals surface area contributed by atoms with Gasteiger partial charge in [-0.05, 0) is 30.5 Å². The Hall–Kier alpha value is -2.14. The first-order valence-corrected chi connectivity index (χ1v) is 7.37. The third-order valence-corrected chi connectivity index (χ3v) is 4.10. The number of carbonyl (C=O) groups excluding carboxylic acids is 1. The molecule has 0 aliphatic heterocycles. The lowest BCUT2D eigenvalue weighted by atomic mass is 10.0.